The summed E-state index contributed by atoms with van der Waals surface area (Å²) in [5, 5.41) is 0. The number of carbonyl (C=O) groups is 1. The Bertz CT molecular complexity index is 669. The van der Waals surface area contributed by atoms with Gasteiger partial charge in [0.25, 0.3) is 0 Å². The van der Waals surface area contributed by atoms with Crippen LogP contribution in [0.25, 0.3) is 0 Å². The SMILES string of the molecule is Cc1cc(C(N)=S)cc(Oc2ccc(C(N)=O)cc2)n1. The monoisotopic (exact) mass is 287 g/mol. The van der Waals surface area contributed by atoms with Crippen molar-refractivity contribution in [3.05, 3.63) is 53.2 Å². The summed E-state index contributed by atoms with van der Waals surface area (Å²) in [5.41, 5.74) is 12.6. The number of aromatic nitrogens is 1. The van der Waals surface area contributed by atoms with Crippen LogP contribution in [0, 0.1) is 6.92 Å². The molecule has 2 aromatic rings. The Morgan fingerprint density at radius 1 is 1.15 bits per heavy atom. The molecule has 1 amide bonds. The molecular weight excluding hydrogens is 274 g/mol. The molecule has 0 fully saturated rings. The number of ether oxygens (including phenoxy) is 1. The molecule has 2 rings (SSSR count). The molecule has 0 saturated carbocycles. The summed E-state index contributed by atoms with van der Waals surface area (Å²) in [7, 11) is 0. The van der Waals surface area contributed by atoms with Gasteiger partial charge in [0, 0.05) is 22.9 Å². The number of aryl methyl sites for hydroxylation is 1. The molecule has 0 atom stereocenters. The van der Waals surface area contributed by atoms with Crippen molar-refractivity contribution in [2.75, 3.05) is 0 Å². The Labute approximate surface area is 121 Å². The molecule has 20 heavy (non-hydrogen) atoms. The van der Waals surface area contributed by atoms with E-state index in [1.165, 1.54) is 0 Å². The van der Waals surface area contributed by atoms with Crippen LogP contribution in [0.2, 0.25) is 0 Å². The van der Waals surface area contributed by atoms with Crippen molar-refractivity contribution in [3.63, 3.8) is 0 Å². The summed E-state index contributed by atoms with van der Waals surface area (Å²) in [6.45, 7) is 1.82. The summed E-state index contributed by atoms with van der Waals surface area (Å²) in [6, 6.07) is 9.90. The Morgan fingerprint density at radius 3 is 2.35 bits per heavy atom. The van der Waals surface area contributed by atoms with Gasteiger partial charge in [0.05, 0.1) is 0 Å². The van der Waals surface area contributed by atoms with Gasteiger partial charge in [-0.05, 0) is 37.3 Å². The summed E-state index contributed by atoms with van der Waals surface area (Å²) in [4.78, 5) is 15.5. The third-order valence-corrected chi connectivity index (χ3v) is 2.81. The maximum atomic E-state index is 11.0. The minimum atomic E-state index is -0.485. The first-order valence-electron chi connectivity index (χ1n) is 5.82. The fourth-order valence-electron chi connectivity index (χ4n) is 1.64. The number of rotatable bonds is 4. The Morgan fingerprint density at radius 2 is 1.80 bits per heavy atom. The highest BCUT2D eigenvalue weighted by Gasteiger charge is 2.06. The highest BCUT2D eigenvalue weighted by Crippen LogP contribution is 2.21. The lowest BCUT2D eigenvalue weighted by Crippen LogP contribution is -2.10. The Kier molecular flexibility index (Phi) is 3.95. The molecule has 5 nitrogen and oxygen atoms in total. The number of nitrogens with zero attached hydrogens (tertiary/aromatic N) is 1. The summed E-state index contributed by atoms with van der Waals surface area (Å²) in [5.74, 6) is 0.447. The third kappa shape index (κ3) is 3.30. The van der Waals surface area contributed by atoms with Crippen LogP contribution in [-0.4, -0.2) is 15.9 Å². The highest BCUT2D eigenvalue weighted by molar-refractivity contribution is 7.80. The second kappa shape index (κ2) is 5.66. The average Bonchev–Trinajstić information content (AvgIpc) is 2.38. The number of hydrogen-bond acceptors (Lipinski definition) is 4. The van der Waals surface area contributed by atoms with Crippen LogP contribution >= 0.6 is 12.2 Å². The molecule has 0 aliphatic rings. The van der Waals surface area contributed by atoms with Gasteiger partial charge >= 0.3 is 0 Å². The van der Waals surface area contributed by atoms with E-state index in [-0.39, 0.29) is 4.99 Å². The molecule has 0 aliphatic carbocycles. The molecule has 0 aliphatic heterocycles. The fraction of sp³-hybridized carbons (Fsp3) is 0.0714. The number of carbonyl (C=O) groups excluding carboxylic acids is 1. The van der Waals surface area contributed by atoms with E-state index in [9.17, 15) is 4.79 Å². The number of pyridine rings is 1. The van der Waals surface area contributed by atoms with Crippen molar-refractivity contribution >= 4 is 23.1 Å². The predicted molar refractivity (Wildman–Crippen MR) is 79.9 cm³/mol. The van der Waals surface area contributed by atoms with Crippen molar-refractivity contribution in [3.8, 4) is 11.6 Å². The first-order valence-corrected chi connectivity index (χ1v) is 6.23. The Hall–Kier alpha value is -2.47. The van der Waals surface area contributed by atoms with Crippen molar-refractivity contribution < 1.29 is 9.53 Å². The van der Waals surface area contributed by atoms with Crippen molar-refractivity contribution in [2.24, 2.45) is 11.5 Å². The molecule has 102 valence electrons. The molecule has 1 aromatic carbocycles. The maximum Gasteiger partial charge on any atom is 0.248 e. The quantitative estimate of drug-likeness (QED) is 0.838. The van der Waals surface area contributed by atoms with Crippen LogP contribution in [0.4, 0.5) is 0 Å². The van der Waals surface area contributed by atoms with Crippen LogP contribution < -0.4 is 16.2 Å². The lowest BCUT2D eigenvalue weighted by Gasteiger charge is -2.08. The number of hydrogen-bond donors (Lipinski definition) is 2. The molecule has 0 radical (unpaired) electrons. The van der Waals surface area contributed by atoms with E-state index in [4.69, 9.17) is 28.4 Å². The fourth-order valence-corrected chi connectivity index (χ4v) is 1.76. The lowest BCUT2D eigenvalue weighted by molar-refractivity contribution is 0.100. The average molecular weight is 287 g/mol. The number of primary amides is 1. The van der Waals surface area contributed by atoms with Crippen LogP contribution in [0.5, 0.6) is 11.6 Å². The van der Waals surface area contributed by atoms with Crippen molar-refractivity contribution in [2.45, 2.75) is 6.92 Å². The van der Waals surface area contributed by atoms with E-state index in [1.54, 1.807) is 36.4 Å². The zero-order valence-corrected chi connectivity index (χ0v) is 11.6. The van der Waals surface area contributed by atoms with E-state index in [0.29, 0.717) is 22.8 Å². The first kappa shape index (κ1) is 14.0. The molecule has 0 bridgehead atoms. The number of amides is 1. The van der Waals surface area contributed by atoms with Crippen LogP contribution in [0.1, 0.15) is 21.6 Å². The van der Waals surface area contributed by atoms with Gasteiger partial charge in [-0.25, -0.2) is 4.98 Å². The van der Waals surface area contributed by atoms with Gasteiger partial charge in [-0.15, -0.1) is 0 Å². The second-order valence-electron chi connectivity index (χ2n) is 4.19. The molecular formula is C14H13N3O2S. The van der Waals surface area contributed by atoms with Gasteiger partial charge in [0.15, 0.2) is 0 Å². The van der Waals surface area contributed by atoms with Crippen molar-refractivity contribution in [1.29, 1.82) is 0 Å². The lowest BCUT2D eigenvalue weighted by atomic mass is 10.2. The van der Waals surface area contributed by atoms with E-state index < -0.39 is 5.91 Å². The maximum absolute atomic E-state index is 11.0. The molecule has 0 saturated heterocycles. The van der Waals surface area contributed by atoms with E-state index in [1.807, 2.05) is 6.92 Å². The summed E-state index contributed by atoms with van der Waals surface area (Å²) in [6.07, 6.45) is 0. The smallest absolute Gasteiger partial charge is 0.248 e. The molecule has 0 unspecified atom stereocenters. The largest absolute Gasteiger partial charge is 0.439 e. The number of nitrogens with two attached hydrogens (primary N) is 2. The van der Waals surface area contributed by atoms with Gasteiger partial charge in [-0.1, -0.05) is 12.2 Å². The standard InChI is InChI=1S/C14H13N3O2S/c1-8-6-10(14(16)20)7-12(17-8)19-11-4-2-9(3-5-11)13(15)18/h2-7H,1H3,(H2,15,18)(H2,16,20). The van der Waals surface area contributed by atoms with Crippen LogP contribution in [-0.2, 0) is 0 Å². The van der Waals surface area contributed by atoms with E-state index in [2.05, 4.69) is 4.98 Å². The van der Waals surface area contributed by atoms with Gasteiger partial charge in [0.2, 0.25) is 11.8 Å². The molecule has 1 aromatic heterocycles. The normalized spacial score (nSPS) is 10.1. The molecule has 0 spiro atoms. The second-order valence-corrected chi connectivity index (χ2v) is 4.63. The van der Waals surface area contributed by atoms with Gasteiger partial charge < -0.3 is 16.2 Å². The zero-order valence-electron chi connectivity index (χ0n) is 10.8. The van der Waals surface area contributed by atoms with Crippen LogP contribution in [0.3, 0.4) is 0 Å². The number of benzene rings is 1. The summed E-state index contributed by atoms with van der Waals surface area (Å²) < 4.78 is 5.61. The van der Waals surface area contributed by atoms with Crippen molar-refractivity contribution in [1.82, 2.24) is 4.98 Å². The Balaban J connectivity index is 2.25. The van der Waals surface area contributed by atoms with Crippen LogP contribution in [0.15, 0.2) is 36.4 Å². The van der Waals surface area contributed by atoms with Gasteiger partial charge in [0.1, 0.15) is 10.7 Å². The topological polar surface area (TPSA) is 91.2 Å². The zero-order chi connectivity index (χ0) is 14.7. The number of thiocarbonyl (C=S) groups is 1. The summed E-state index contributed by atoms with van der Waals surface area (Å²) >= 11 is 4.93. The first-order chi connectivity index (χ1) is 9.45. The molecule has 4 N–H and O–H groups in total. The highest BCUT2D eigenvalue weighted by atomic mass is 32.1. The minimum Gasteiger partial charge on any atom is -0.439 e. The van der Waals surface area contributed by atoms with Gasteiger partial charge in [-0.2, -0.15) is 0 Å². The predicted octanol–water partition coefficient (Wildman–Crippen LogP) is 1.92. The minimum absolute atomic E-state index is 0.282. The third-order valence-electron chi connectivity index (χ3n) is 2.58. The molecule has 1 heterocycles. The van der Waals surface area contributed by atoms with E-state index >= 15 is 0 Å². The van der Waals surface area contributed by atoms with Gasteiger partial charge in [-0.3, -0.25) is 4.79 Å². The van der Waals surface area contributed by atoms with E-state index in [0.717, 1.165) is 5.69 Å². The molecule has 6 heteroatoms.